The Hall–Kier alpha value is -2.95. The van der Waals surface area contributed by atoms with Gasteiger partial charge in [-0.3, -0.25) is 4.79 Å². The van der Waals surface area contributed by atoms with E-state index in [9.17, 15) is 4.79 Å². The van der Waals surface area contributed by atoms with Crippen LogP contribution in [0.5, 0.6) is 0 Å². The fourth-order valence-electron chi connectivity index (χ4n) is 2.36. The Morgan fingerprint density at radius 1 is 1.23 bits per heavy atom. The lowest BCUT2D eigenvalue weighted by Gasteiger charge is -2.35. The van der Waals surface area contributed by atoms with E-state index in [1.165, 1.54) is 4.68 Å². The van der Waals surface area contributed by atoms with Gasteiger partial charge in [0.25, 0.3) is 5.56 Å². The Bertz CT molecular complexity index is 771. The highest BCUT2D eigenvalue weighted by atomic mass is 16.1. The largest absolute Gasteiger partial charge is 0.367 e. The summed E-state index contributed by atoms with van der Waals surface area (Å²) in [6, 6.07) is 5.20. The van der Waals surface area contributed by atoms with Gasteiger partial charge in [0.15, 0.2) is 0 Å². The number of aryl methyl sites for hydroxylation is 1. The van der Waals surface area contributed by atoms with Crippen molar-refractivity contribution in [1.82, 2.24) is 19.7 Å². The lowest BCUT2D eigenvalue weighted by Crippen LogP contribution is -2.47. The summed E-state index contributed by atoms with van der Waals surface area (Å²) in [6.07, 6.45) is 3.29. The molecule has 112 valence electrons. The smallest absolute Gasteiger partial charge is 0.268 e. The minimum atomic E-state index is -0.120. The SMILES string of the molecule is Cn1ncc(N2CCN(c3nccc(C#N)n3)CC2)cc1=O. The zero-order valence-electron chi connectivity index (χ0n) is 12.2. The molecule has 3 rings (SSSR count). The molecule has 1 aliphatic rings. The van der Waals surface area contributed by atoms with E-state index < -0.39 is 0 Å². The molecule has 1 aliphatic heterocycles. The molecule has 0 saturated carbocycles. The number of rotatable bonds is 2. The van der Waals surface area contributed by atoms with Crippen LogP contribution in [0.3, 0.4) is 0 Å². The van der Waals surface area contributed by atoms with Crippen molar-refractivity contribution in [2.24, 2.45) is 7.05 Å². The quantitative estimate of drug-likeness (QED) is 0.756. The molecule has 2 aromatic heterocycles. The van der Waals surface area contributed by atoms with Crippen LogP contribution in [0.2, 0.25) is 0 Å². The number of nitrogens with zero attached hydrogens (tertiary/aromatic N) is 7. The Kier molecular flexibility index (Phi) is 3.70. The number of nitriles is 1. The summed E-state index contributed by atoms with van der Waals surface area (Å²) in [6.45, 7) is 2.94. The van der Waals surface area contributed by atoms with Crippen LogP contribution in [0.1, 0.15) is 5.69 Å². The number of anilines is 2. The highest BCUT2D eigenvalue weighted by Gasteiger charge is 2.20. The lowest BCUT2D eigenvalue weighted by atomic mass is 10.3. The van der Waals surface area contributed by atoms with Crippen molar-refractivity contribution in [3.8, 4) is 6.07 Å². The molecule has 1 saturated heterocycles. The van der Waals surface area contributed by atoms with Crippen molar-refractivity contribution in [2.75, 3.05) is 36.0 Å². The lowest BCUT2D eigenvalue weighted by molar-refractivity contribution is 0.632. The summed E-state index contributed by atoms with van der Waals surface area (Å²) >= 11 is 0. The maximum atomic E-state index is 11.7. The molecule has 8 heteroatoms. The van der Waals surface area contributed by atoms with Crippen molar-refractivity contribution in [3.63, 3.8) is 0 Å². The van der Waals surface area contributed by atoms with Gasteiger partial charge in [-0.25, -0.2) is 14.6 Å². The molecule has 0 spiro atoms. The first-order chi connectivity index (χ1) is 10.7. The van der Waals surface area contributed by atoms with Gasteiger partial charge in [-0.2, -0.15) is 10.4 Å². The van der Waals surface area contributed by atoms with E-state index in [1.54, 1.807) is 31.6 Å². The van der Waals surface area contributed by atoms with Crippen LogP contribution in [0.25, 0.3) is 0 Å². The predicted octanol–water partition coefficient (Wildman–Crippen LogP) is -0.231. The number of hydrogen-bond donors (Lipinski definition) is 0. The van der Waals surface area contributed by atoms with Crippen LogP contribution in [0.4, 0.5) is 11.6 Å². The molecule has 0 aromatic carbocycles. The Balaban J connectivity index is 1.71. The van der Waals surface area contributed by atoms with Crippen molar-refractivity contribution < 1.29 is 0 Å². The third-order valence-corrected chi connectivity index (χ3v) is 3.64. The molecule has 0 N–H and O–H groups in total. The predicted molar refractivity (Wildman–Crippen MR) is 80.7 cm³/mol. The second kappa shape index (κ2) is 5.81. The van der Waals surface area contributed by atoms with E-state index in [0.717, 1.165) is 31.9 Å². The molecule has 0 aliphatic carbocycles. The fourth-order valence-corrected chi connectivity index (χ4v) is 2.36. The topological polar surface area (TPSA) is 90.9 Å². The third kappa shape index (κ3) is 2.74. The molecule has 1 fully saturated rings. The second-order valence-electron chi connectivity index (χ2n) is 5.00. The van der Waals surface area contributed by atoms with Gasteiger partial charge in [-0.1, -0.05) is 0 Å². The molecule has 3 heterocycles. The van der Waals surface area contributed by atoms with Crippen LogP contribution in [0, 0.1) is 11.3 Å². The van der Waals surface area contributed by atoms with Crippen LogP contribution < -0.4 is 15.4 Å². The molecule has 0 amide bonds. The first-order valence-corrected chi connectivity index (χ1v) is 6.94. The second-order valence-corrected chi connectivity index (χ2v) is 5.00. The molecule has 0 atom stereocenters. The van der Waals surface area contributed by atoms with E-state index in [2.05, 4.69) is 20.0 Å². The molecule has 0 unspecified atom stereocenters. The van der Waals surface area contributed by atoms with Gasteiger partial charge in [0.2, 0.25) is 5.95 Å². The minimum absolute atomic E-state index is 0.120. The Morgan fingerprint density at radius 2 is 1.95 bits per heavy atom. The van der Waals surface area contributed by atoms with E-state index in [0.29, 0.717) is 11.6 Å². The molecule has 0 radical (unpaired) electrons. The fraction of sp³-hybridized carbons (Fsp3) is 0.357. The third-order valence-electron chi connectivity index (χ3n) is 3.64. The summed E-state index contributed by atoms with van der Waals surface area (Å²) in [5.41, 5.74) is 1.07. The van der Waals surface area contributed by atoms with Crippen molar-refractivity contribution in [1.29, 1.82) is 5.26 Å². The molecular weight excluding hydrogens is 282 g/mol. The number of aromatic nitrogens is 4. The summed E-state index contributed by atoms with van der Waals surface area (Å²) in [5, 5.41) is 12.9. The van der Waals surface area contributed by atoms with Gasteiger partial charge in [-0.15, -0.1) is 0 Å². The van der Waals surface area contributed by atoms with Gasteiger partial charge in [0.1, 0.15) is 11.8 Å². The Morgan fingerprint density at radius 3 is 2.64 bits per heavy atom. The molecule has 8 nitrogen and oxygen atoms in total. The van der Waals surface area contributed by atoms with Crippen molar-refractivity contribution >= 4 is 11.6 Å². The highest BCUT2D eigenvalue weighted by Crippen LogP contribution is 2.16. The molecule has 2 aromatic rings. The van der Waals surface area contributed by atoms with Crippen LogP contribution >= 0.6 is 0 Å². The zero-order chi connectivity index (χ0) is 15.5. The van der Waals surface area contributed by atoms with Gasteiger partial charge < -0.3 is 9.80 Å². The van der Waals surface area contributed by atoms with Crippen molar-refractivity contribution in [3.05, 3.63) is 40.6 Å². The van der Waals surface area contributed by atoms with Crippen LogP contribution in [-0.2, 0) is 7.05 Å². The van der Waals surface area contributed by atoms with E-state index in [4.69, 9.17) is 5.26 Å². The van der Waals surface area contributed by atoms with E-state index >= 15 is 0 Å². The molecule has 22 heavy (non-hydrogen) atoms. The summed E-state index contributed by atoms with van der Waals surface area (Å²) in [5.74, 6) is 0.570. The van der Waals surface area contributed by atoms with Gasteiger partial charge in [0, 0.05) is 45.5 Å². The number of hydrogen-bond acceptors (Lipinski definition) is 7. The van der Waals surface area contributed by atoms with Crippen LogP contribution in [0.15, 0.2) is 29.3 Å². The first kappa shape index (κ1) is 14.0. The standard InChI is InChI=1S/C14H15N7O/c1-19-13(22)8-12(10-17-19)20-4-6-21(7-5-20)14-16-3-2-11(9-15)18-14/h2-3,8,10H,4-7H2,1H3. The minimum Gasteiger partial charge on any atom is -0.367 e. The van der Waals surface area contributed by atoms with Gasteiger partial charge >= 0.3 is 0 Å². The average molecular weight is 297 g/mol. The van der Waals surface area contributed by atoms with Gasteiger partial charge in [0.05, 0.1) is 11.9 Å². The highest BCUT2D eigenvalue weighted by molar-refractivity contribution is 5.46. The Labute approximate surface area is 127 Å². The van der Waals surface area contributed by atoms with Gasteiger partial charge in [-0.05, 0) is 6.07 Å². The average Bonchev–Trinajstić information content (AvgIpc) is 2.57. The first-order valence-electron chi connectivity index (χ1n) is 6.94. The number of piperazine rings is 1. The summed E-state index contributed by atoms with van der Waals surface area (Å²) < 4.78 is 1.31. The van der Waals surface area contributed by atoms with E-state index in [-0.39, 0.29) is 5.56 Å². The summed E-state index contributed by atoms with van der Waals surface area (Å²) in [7, 11) is 1.63. The normalized spacial score (nSPS) is 14.7. The maximum Gasteiger partial charge on any atom is 0.268 e. The zero-order valence-corrected chi connectivity index (χ0v) is 12.2. The van der Waals surface area contributed by atoms with Crippen molar-refractivity contribution in [2.45, 2.75) is 0 Å². The molecule has 0 bridgehead atoms. The van der Waals surface area contributed by atoms with E-state index in [1.807, 2.05) is 11.0 Å². The molecular formula is C14H15N7O. The van der Waals surface area contributed by atoms with Crippen LogP contribution in [-0.4, -0.2) is 45.9 Å². The summed E-state index contributed by atoms with van der Waals surface area (Å²) in [4.78, 5) is 24.2. The maximum absolute atomic E-state index is 11.7. The monoisotopic (exact) mass is 297 g/mol.